The van der Waals surface area contributed by atoms with Crippen LogP contribution < -0.4 is 4.74 Å². The molecule has 0 saturated heterocycles. The number of hydrogen-bond acceptors (Lipinski definition) is 5. The fourth-order valence-corrected chi connectivity index (χ4v) is 1.87. The minimum atomic E-state index is -0.737. The number of phenolic OH excluding ortho intramolecular Hbond substituents is 1. The van der Waals surface area contributed by atoms with E-state index in [1.54, 1.807) is 0 Å². The van der Waals surface area contributed by atoms with E-state index in [0.29, 0.717) is 24.8 Å². The predicted octanol–water partition coefficient (Wildman–Crippen LogP) is 1.25. The number of carbonyl (C=O) groups is 1. The largest absolute Gasteiger partial charge is 0.508 e. The lowest BCUT2D eigenvalue weighted by Crippen LogP contribution is -2.12. The molecule has 1 saturated carbocycles. The highest BCUT2D eigenvalue weighted by Crippen LogP contribution is 2.41. The number of carbonyl (C=O) groups excluding carboxylic acids is 1. The molecule has 0 bridgehead atoms. The van der Waals surface area contributed by atoms with Gasteiger partial charge in [-0.15, -0.1) is 0 Å². The Hall–Kier alpha value is -1.75. The molecule has 1 aromatic carbocycles. The Labute approximate surface area is 105 Å². The molecule has 0 amide bonds. The maximum atomic E-state index is 11.6. The van der Waals surface area contributed by atoms with Crippen LogP contribution in [-0.4, -0.2) is 36.0 Å². The zero-order valence-electron chi connectivity index (χ0n) is 10.4. The van der Waals surface area contributed by atoms with Gasteiger partial charge in [0.2, 0.25) is 0 Å². The molecule has 5 nitrogen and oxygen atoms in total. The van der Waals surface area contributed by atoms with Gasteiger partial charge >= 0.3 is 5.97 Å². The highest BCUT2D eigenvalue weighted by atomic mass is 16.5. The first kappa shape index (κ1) is 12.7. The summed E-state index contributed by atoms with van der Waals surface area (Å²) in [4.78, 5) is 11.6. The van der Waals surface area contributed by atoms with Crippen molar-refractivity contribution in [3.63, 3.8) is 0 Å². The molecular formula is C13H16O5. The predicted molar refractivity (Wildman–Crippen MR) is 63.9 cm³/mol. The first-order valence-corrected chi connectivity index (χ1v) is 5.69. The molecule has 2 rings (SSSR count). The first-order valence-electron chi connectivity index (χ1n) is 5.69. The van der Waals surface area contributed by atoms with E-state index in [9.17, 15) is 15.0 Å². The van der Waals surface area contributed by atoms with Crippen LogP contribution in [0, 0.1) is 0 Å². The number of benzene rings is 1. The average Bonchev–Trinajstić information content (AvgIpc) is 3.08. The van der Waals surface area contributed by atoms with Crippen LogP contribution in [0.4, 0.5) is 0 Å². The first-order chi connectivity index (χ1) is 8.49. The smallest absolute Gasteiger partial charge is 0.341 e. The molecule has 1 fully saturated rings. The second kappa shape index (κ2) is 4.49. The molecular weight excluding hydrogens is 236 g/mol. The summed E-state index contributed by atoms with van der Waals surface area (Å²) in [6.45, 7) is 0. The summed E-state index contributed by atoms with van der Waals surface area (Å²) in [6, 6.07) is 2.88. The molecule has 0 aliphatic heterocycles. The van der Waals surface area contributed by atoms with Crippen molar-refractivity contribution in [1.82, 2.24) is 0 Å². The molecule has 0 unspecified atom stereocenters. The quantitative estimate of drug-likeness (QED) is 0.789. The van der Waals surface area contributed by atoms with Crippen LogP contribution in [0.25, 0.3) is 0 Å². The normalized spacial score (nSPS) is 16.2. The number of esters is 1. The molecule has 0 atom stereocenters. The van der Waals surface area contributed by atoms with Gasteiger partial charge in [-0.25, -0.2) is 4.79 Å². The molecule has 18 heavy (non-hydrogen) atoms. The number of hydrogen-bond donors (Lipinski definition) is 2. The minimum absolute atomic E-state index is 0.0137. The van der Waals surface area contributed by atoms with Crippen LogP contribution in [-0.2, 0) is 11.2 Å². The molecule has 0 spiro atoms. The van der Waals surface area contributed by atoms with Gasteiger partial charge in [-0.05, 0) is 24.5 Å². The van der Waals surface area contributed by atoms with E-state index in [1.807, 2.05) is 0 Å². The van der Waals surface area contributed by atoms with Gasteiger partial charge in [0.15, 0.2) is 0 Å². The van der Waals surface area contributed by atoms with E-state index in [4.69, 9.17) is 4.74 Å². The third kappa shape index (κ3) is 2.41. The van der Waals surface area contributed by atoms with Gasteiger partial charge in [-0.2, -0.15) is 0 Å². The van der Waals surface area contributed by atoms with E-state index in [2.05, 4.69) is 4.74 Å². The summed E-state index contributed by atoms with van der Waals surface area (Å²) in [6.07, 6.45) is 1.75. The zero-order chi connectivity index (χ0) is 13.3. The summed E-state index contributed by atoms with van der Waals surface area (Å²) in [5, 5.41) is 19.7. The van der Waals surface area contributed by atoms with Crippen LogP contribution in [0.2, 0.25) is 0 Å². The lowest BCUT2D eigenvalue weighted by atomic mass is 10.0. The van der Waals surface area contributed by atoms with Crippen molar-refractivity contribution in [1.29, 1.82) is 0 Å². The summed E-state index contributed by atoms with van der Waals surface area (Å²) in [5.41, 5.74) is 0.0349. The Balaban J connectivity index is 2.38. The third-order valence-corrected chi connectivity index (χ3v) is 3.15. The van der Waals surface area contributed by atoms with Crippen LogP contribution in [0.15, 0.2) is 12.1 Å². The fourth-order valence-electron chi connectivity index (χ4n) is 1.87. The van der Waals surface area contributed by atoms with Crippen LogP contribution >= 0.6 is 0 Å². The van der Waals surface area contributed by atoms with Gasteiger partial charge in [0, 0.05) is 12.5 Å². The number of ether oxygens (including phenoxy) is 2. The Morgan fingerprint density at radius 3 is 2.56 bits per heavy atom. The Kier molecular flexibility index (Phi) is 3.17. The van der Waals surface area contributed by atoms with Crippen LogP contribution in [0.1, 0.15) is 28.8 Å². The molecule has 0 heterocycles. The van der Waals surface area contributed by atoms with Crippen molar-refractivity contribution >= 4 is 5.97 Å². The maximum Gasteiger partial charge on any atom is 0.341 e. The van der Waals surface area contributed by atoms with Crippen LogP contribution in [0.5, 0.6) is 11.5 Å². The number of aromatic hydroxyl groups is 1. The standard InChI is InChI=1S/C13H16O5/c1-17-11-6-10(14)8(7-13(16)3-4-13)5-9(11)12(15)18-2/h5-6,14,16H,3-4,7H2,1-2H3. The number of methoxy groups -OCH3 is 2. The van der Waals surface area contributed by atoms with E-state index in [-0.39, 0.29) is 17.1 Å². The van der Waals surface area contributed by atoms with Gasteiger partial charge in [0.1, 0.15) is 17.1 Å². The molecule has 98 valence electrons. The van der Waals surface area contributed by atoms with Gasteiger partial charge in [0.25, 0.3) is 0 Å². The molecule has 0 radical (unpaired) electrons. The number of rotatable bonds is 4. The van der Waals surface area contributed by atoms with Gasteiger partial charge in [0.05, 0.1) is 19.8 Å². The Morgan fingerprint density at radius 2 is 2.06 bits per heavy atom. The Morgan fingerprint density at radius 1 is 1.39 bits per heavy atom. The number of aliphatic hydroxyl groups is 1. The van der Waals surface area contributed by atoms with E-state index in [1.165, 1.54) is 26.4 Å². The molecule has 5 heteroatoms. The molecule has 1 aliphatic carbocycles. The Bertz CT molecular complexity index is 477. The van der Waals surface area contributed by atoms with Crippen molar-refractivity contribution in [3.05, 3.63) is 23.3 Å². The second-order valence-electron chi connectivity index (χ2n) is 4.57. The molecule has 0 aromatic heterocycles. The minimum Gasteiger partial charge on any atom is -0.508 e. The zero-order valence-corrected chi connectivity index (χ0v) is 10.4. The monoisotopic (exact) mass is 252 g/mol. The van der Waals surface area contributed by atoms with Crippen molar-refractivity contribution in [2.75, 3.05) is 14.2 Å². The topological polar surface area (TPSA) is 76.0 Å². The van der Waals surface area contributed by atoms with Crippen LogP contribution in [0.3, 0.4) is 0 Å². The lowest BCUT2D eigenvalue weighted by Gasteiger charge is -2.13. The van der Waals surface area contributed by atoms with Crippen molar-refractivity contribution < 1.29 is 24.5 Å². The highest BCUT2D eigenvalue weighted by Gasteiger charge is 2.41. The van der Waals surface area contributed by atoms with Gasteiger partial charge in [-0.3, -0.25) is 0 Å². The van der Waals surface area contributed by atoms with E-state index < -0.39 is 11.6 Å². The summed E-state index contributed by atoms with van der Waals surface area (Å²) < 4.78 is 9.68. The van der Waals surface area contributed by atoms with Crippen molar-refractivity contribution in [2.24, 2.45) is 0 Å². The maximum absolute atomic E-state index is 11.6. The summed E-state index contributed by atoms with van der Waals surface area (Å²) in [7, 11) is 2.69. The fraction of sp³-hybridized carbons (Fsp3) is 0.462. The molecule has 1 aromatic rings. The molecule has 2 N–H and O–H groups in total. The SMILES string of the molecule is COC(=O)c1cc(CC2(O)CC2)c(O)cc1OC. The second-order valence-corrected chi connectivity index (χ2v) is 4.57. The van der Waals surface area contributed by atoms with Crippen molar-refractivity contribution in [3.8, 4) is 11.5 Å². The van der Waals surface area contributed by atoms with Gasteiger partial charge < -0.3 is 19.7 Å². The highest BCUT2D eigenvalue weighted by molar-refractivity contribution is 5.93. The third-order valence-electron chi connectivity index (χ3n) is 3.15. The molecule has 1 aliphatic rings. The summed E-state index contributed by atoms with van der Waals surface area (Å²) in [5.74, 6) is -0.262. The number of phenols is 1. The lowest BCUT2D eigenvalue weighted by molar-refractivity contribution is 0.0596. The van der Waals surface area contributed by atoms with E-state index >= 15 is 0 Å². The van der Waals surface area contributed by atoms with E-state index in [0.717, 1.165) is 0 Å². The average molecular weight is 252 g/mol. The summed E-state index contributed by atoms with van der Waals surface area (Å²) >= 11 is 0. The van der Waals surface area contributed by atoms with Crippen molar-refractivity contribution in [2.45, 2.75) is 24.9 Å². The van der Waals surface area contributed by atoms with Gasteiger partial charge in [-0.1, -0.05) is 0 Å².